The molecule has 4 rings (SSSR count). The number of rotatable bonds is 14. The van der Waals surface area contributed by atoms with Gasteiger partial charge in [-0.25, -0.2) is 14.8 Å². The van der Waals surface area contributed by atoms with Crippen LogP contribution in [0.2, 0.25) is 0 Å². The summed E-state index contributed by atoms with van der Waals surface area (Å²) >= 11 is 3.44. The van der Waals surface area contributed by atoms with E-state index in [9.17, 15) is 4.79 Å². The molecule has 1 aromatic carbocycles. The van der Waals surface area contributed by atoms with E-state index in [1.807, 2.05) is 40.2 Å². The SMILES string of the molecule is CCCC(c1ccc(CCCN2CCC(CNc3ncc(SCc4ncc(C(C)(C)C)o4)s3)CC2)cc1)N(C)C(=O)OC(C)(C)C. The third-order valence-corrected chi connectivity index (χ3v) is 10.5. The number of thioether (sulfide) groups is 1. The van der Waals surface area contributed by atoms with Crippen molar-refractivity contribution in [2.24, 2.45) is 5.92 Å². The minimum absolute atomic E-state index is 0.0215. The highest BCUT2D eigenvalue weighted by Gasteiger charge is 2.26. The van der Waals surface area contributed by atoms with Crippen LogP contribution in [0.3, 0.4) is 0 Å². The van der Waals surface area contributed by atoms with Crippen LogP contribution in [0, 0.1) is 5.92 Å². The van der Waals surface area contributed by atoms with E-state index in [0.29, 0.717) is 11.7 Å². The van der Waals surface area contributed by atoms with Gasteiger partial charge in [-0.2, -0.15) is 0 Å². The molecule has 1 aliphatic rings. The van der Waals surface area contributed by atoms with Gasteiger partial charge in [0.15, 0.2) is 5.13 Å². The van der Waals surface area contributed by atoms with Crippen molar-refractivity contribution in [3.05, 3.63) is 59.4 Å². The molecule has 1 saturated heterocycles. The molecule has 8 nitrogen and oxygen atoms in total. The van der Waals surface area contributed by atoms with Crippen LogP contribution in [0.25, 0.3) is 0 Å². The minimum Gasteiger partial charge on any atom is -0.444 e. The molecule has 1 atom stereocenters. The van der Waals surface area contributed by atoms with E-state index in [0.717, 1.165) is 68.6 Å². The Morgan fingerprint density at radius 2 is 1.85 bits per heavy atom. The van der Waals surface area contributed by atoms with Crippen molar-refractivity contribution in [2.45, 2.75) is 114 Å². The molecular formula is C36H55N5O3S2. The van der Waals surface area contributed by atoms with Crippen molar-refractivity contribution < 1.29 is 13.9 Å². The van der Waals surface area contributed by atoms with Gasteiger partial charge in [0.1, 0.15) is 11.4 Å². The van der Waals surface area contributed by atoms with Crippen LogP contribution in [0.1, 0.15) is 109 Å². The number of piperidine rings is 1. The number of ether oxygens (including phenoxy) is 1. The molecular weight excluding hydrogens is 615 g/mol. The molecule has 1 amide bonds. The molecule has 1 fully saturated rings. The summed E-state index contributed by atoms with van der Waals surface area (Å²) in [4.78, 5) is 26.1. The van der Waals surface area contributed by atoms with E-state index in [2.05, 4.69) is 72.1 Å². The lowest BCUT2D eigenvalue weighted by Crippen LogP contribution is -2.36. The molecule has 0 saturated carbocycles. The second kappa shape index (κ2) is 16.5. The van der Waals surface area contributed by atoms with Gasteiger partial charge in [0.05, 0.1) is 28.4 Å². The molecule has 1 aliphatic heterocycles. The number of thiazole rings is 1. The van der Waals surface area contributed by atoms with Crippen LogP contribution in [-0.2, 0) is 22.3 Å². The maximum Gasteiger partial charge on any atom is 0.410 e. The number of aromatic nitrogens is 2. The number of oxazole rings is 1. The number of nitrogens with zero attached hydrogens (tertiary/aromatic N) is 4. The third-order valence-electron chi connectivity index (χ3n) is 8.38. The first-order chi connectivity index (χ1) is 21.8. The fraction of sp³-hybridized carbons (Fsp3) is 0.639. The minimum atomic E-state index is -0.499. The summed E-state index contributed by atoms with van der Waals surface area (Å²) in [5.41, 5.74) is 2.00. The molecule has 1 unspecified atom stereocenters. The highest BCUT2D eigenvalue weighted by molar-refractivity contribution is 8.00. The number of amides is 1. The number of carbonyl (C=O) groups excluding carboxylic acids is 1. The summed E-state index contributed by atoms with van der Waals surface area (Å²) in [5.74, 6) is 3.09. The zero-order valence-electron chi connectivity index (χ0n) is 29.2. The van der Waals surface area contributed by atoms with Crippen molar-refractivity contribution in [1.82, 2.24) is 19.8 Å². The Kier molecular flexibility index (Phi) is 13.0. The molecule has 46 heavy (non-hydrogen) atoms. The molecule has 3 heterocycles. The third kappa shape index (κ3) is 11.3. The quantitative estimate of drug-likeness (QED) is 0.170. The number of likely N-dealkylation sites (tertiary alicyclic amines) is 1. The molecule has 254 valence electrons. The number of nitrogens with one attached hydrogen (secondary N) is 1. The Morgan fingerprint density at radius 1 is 1.13 bits per heavy atom. The fourth-order valence-corrected chi connectivity index (χ4v) is 7.37. The van der Waals surface area contributed by atoms with E-state index in [1.165, 1.54) is 28.2 Å². The Labute approximate surface area is 285 Å². The Hall–Kier alpha value is -2.56. The van der Waals surface area contributed by atoms with Crippen LogP contribution in [0.15, 0.2) is 45.3 Å². The van der Waals surface area contributed by atoms with E-state index >= 15 is 0 Å². The monoisotopic (exact) mass is 669 g/mol. The highest BCUT2D eigenvalue weighted by Crippen LogP contribution is 2.32. The number of benzene rings is 1. The van der Waals surface area contributed by atoms with E-state index in [1.54, 1.807) is 28.0 Å². The summed E-state index contributed by atoms with van der Waals surface area (Å²) in [5, 5.41) is 4.58. The first-order valence-corrected chi connectivity index (χ1v) is 18.7. The summed E-state index contributed by atoms with van der Waals surface area (Å²) in [7, 11) is 1.85. The predicted molar refractivity (Wildman–Crippen MR) is 191 cm³/mol. The molecule has 2 aromatic heterocycles. The zero-order valence-corrected chi connectivity index (χ0v) is 30.9. The van der Waals surface area contributed by atoms with Gasteiger partial charge in [-0.3, -0.25) is 0 Å². The maximum absolute atomic E-state index is 12.7. The van der Waals surface area contributed by atoms with Gasteiger partial charge in [0.25, 0.3) is 0 Å². The van der Waals surface area contributed by atoms with Crippen LogP contribution in [-0.4, -0.2) is 64.7 Å². The lowest BCUT2D eigenvalue weighted by atomic mass is 9.94. The Balaban J connectivity index is 1.13. The molecule has 0 radical (unpaired) electrons. The van der Waals surface area contributed by atoms with Crippen molar-refractivity contribution in [2.75, 3.05) is 38.5 Å². The largest absolute Gasteiger partial charge is 0.444 e. The van der Waals surface area contributed by atoms with Crippen LogP contribution in [0.5, 0.6) is 0 Å². The molecule has 3 aromatic rings. The first kappa shape index (κ1) is 36.3. The first-order valence-electron chi connectivity index (χ1n) is 16.9. The maximum atomic E-state index is 12.7. The molecule has 0 bridgehead atoms. The van der Waals surface area contributed by atoms with E-state index in [4.69, 9.17) is 9.15 Å². The highest BCUT2D eigenvalue weighted by atomic mass is 32.2. The average Bonchev–Trinajstić information content (AvgIpc) is 3.68. The number of hydrogen-bond acceptors (Lipinski definition) is 9. The van der Waals surface area contributed by atoms with Gasteiger partial charge >= 0.3 is 6.09 Å². The van der Waals surface area contributed by atoms with Gasteiger partial charge in [-0.15, -0.1) is 11.8 Å². The van der Waals surface area contributed by atoms with E-state index < -0.39 is 5.60 Å². The molecule has 0 aliphatic carbocycles. The second-order valence-electron chi connectivity index (χ2n) is 14.5. The van der Waals surface area contributed by atoms with Crippen molar-refractivity contribution in [1.29, 1.82) is 0 Å². The number of carbonyl (C=O) groups is 1. The van der Waals surface area contributed by atoms with Crippen LogP contribution in [0.4, 0.5) is 9.93 Å². The predicted octanol–water partition coefficient (Wildman–Crippen LogP) is 9.19. The number of aryl methyl sites for hydroxylation is 1. The lowest BCUT2D eigenvalue weighted by molar-refractivity contribution is 0.0211. The molecule has 0 spiro atoms. The second-order valence-corrected chi connectivity index (χ2v) is 16.9. The van der Waals surface area contributed by atoms with Gasteiger partial charge in [-0.1, -0.05) is 69.7 Å². The van der Waals surface area contributed by atoms with Crippen molar-refractivity contribution >= 4 is 34.3 Å². The summed E-state index contributed by atoms with van der Waals surface area (Å²) in [6.07, 6.45) is 10.1. The van der Waals surface area contributed by atoms with Gasteiger partial charge in [0, 0.05) is 19.0 Å². The summed E-state index contributed by atoms with van der Waals surface area (Å²) < 4.78 is 12.7. The molecule has 1 N–H and O–H groups in total. The fourth-order valence-electron chi connectivity index (χ4n) is 5.64. The standard InChI is InChI=1S/C36H55N5O3S2/c1-9-11-29(40(8)34(42)44-36(5,6)7)28-15-13-26(14-16-28)12-10-19-41-20-17-27(18-21-41)22-38-33-39-24-32(46-33)45-25-31-37-23-30(43-31)35(2,3)4/h13-16,23-24,27,29H,9-12,17-22,25H2,1-8H3,(H,38,39). The van der Waals surface area contributed by atoms with Crippen molar-refractivity contribution in [3.63, 3.8) is 0 Å². The Morgan fingerprint density at radius 3 is 2.48 bits per heavy atom. The van der Waals surface area contributed by atoms with Gasteiger partial charge < -0.3 is 24.3 Å². The summed E-state index contributed by atoms with van der Waals surface area (Å²) in [6, 6.07) is 8.87. The molecule has 10 heteroatoms. The van der Waals surface area contributed by atoms with Crippen LogP contribution < -0.4 is 5.32 Å². The van der Waals surface area contributed by atoms with Crippen molar-refractivity contribution in [3.8, 4) is 0 Å². The lowest BCUT2D eigenvalue weighted by Gasteiger charge is -2.32. The topological polar surface area (TPSA) is 83.7 Å². The normalized spacial score (nSPS) is 15.6. The van der Waals surface area contributed by atoms with Crippen LogP contribution >= 0.6 is 23.1 Å². The summed E-state index contributed by atoms with van der Waals surface area (Å²) in [6.45, 7) is 18.7. The van der Waals surface area contributed by atoms with Gasteiger partial charge in [0.2, 0.25) is 5.89 Å². The van der Waals surface area contributed by atoms with E-state index in [-0.39, 0.29) is 17.6 Å². The number of hydrogen-bond donors (Lipinski definition) is 1. The van der Waals surface area contributed by atoms with Gasteiger partial charge in [-0.05, 0) is 89.6 Å². The number of anilines is 1. The average molecular weight is 670 g/mol. The smallest absolute Gasteiger partial charge is 0.410 e. The Bertz CT molecular complexity index is 1350. The zero-order chi connectivity index (χ0) is 33.3.